The van der Waals surface area contributed by atoms with Crippen molar-refractivity contribution in [2.45, 2.75) is 30.7 Å². The van der Waals surface area contributed by atoms with Gasteiger partial charge in [-0.2, -0.15) is 0 Å². The van der Waals surface area contributed by atoms with Crippen LogP contribution in [0.5, 0.6) is 0 Å². The van der Waals surface area contributed by atoms with Gasteiger partial charge in [-0.15, -0.1) is 0 Å². The molecule has 128 valence electrons. The fourth-order valence-electron chi connectivity index (χ4n) is 2.75. The van der Waals surface area contributed by atoms with E-state index in [-0.39, 0.29) is 16.6 Å². The predicted octanol–water partition coefficient (Wildman–Crippen LogP) is 1.40. The van der Waals surface area contributed by atoms with Gasteiger partial charge in [-0.3, -0.25) is 10.1 Å². The van der Waals surface area contributed by atoms with E-state index in [4.69, 9.17) is 0 Å². The molecule has 1 aliphatic rings. The monoisotopic (exact) mass is 342 g/mol. The van der Waals surface area contributed by atoms with Crippen molar-refractivity contribution in [3.63, 3.8) is 0 Å². The van der Waals surface area contributed by atoms with Crippen molar-refractivity contribution in [2.24, 2.45) is 0 Å². The number of sulfonamides is 1. The van der Waals surface area contributed by atoms with E-state index in [9.17, 15) is 18.5 Å². The van der Waals surface area contributed by atoms with Gasteiger partial charge in [0.1, 0.15) is 5.69 Å². The van der Waals surface area contributed by atoms with Crippen molar-refractivity contribution in [3.05, 3.63) is 28.3 Å². The first-order valence-electron chi connectivity index (χ1n) is 7.58. The van der Waals surface area contributed by atoms with Gasteiger partial charge in [-0.1, -0.05) is 6.92 Å². The van der Waals surface area contributed by atoms with E-state index in [0.29, 0.717) is 5.69 Å². The second-order valence-corrected chi connectivity index (χ2v) is 7.41. The van der Waals surface area contributed by atoms with Gasteiger partial charge in [-0.05, 0) is 45.1 Å². The zero-order chi connectivity index (χ0) is 17.0. The van der Waals surface area contributed by atoms with Crippen molar-refractivity contribution < 1.29 is 13.3 Å². The average Bonchev–Trinajstić information content (AvgIpc) is 2.55. The molecule has 1 aliphatic heterocycles. The van der Waals surface area contributed by atoms with Gasteiger partial charge in [0, 0.05) is 18.7 Å². The summed E-state index contributed by atoms with van der Waals surface area (Å²) in [6.45, 7) is 4.89. The van der Waals surface area contributed by atoms with Gasteiger partial charge in [0.15, 0.2) is 0 Å². The quantitative estimate of drug-likeness (QED) is 0.598. The average molecular weight is 342 g/mol. The number of nitrogens with zero attached hydrogens (tertiary/aromatic N) is 2. The van der Waals surface area contributed by atoms with Gasteiger partial charge in [0.25, 0.3) is 5.69 Å². The molecule has 23 heavy (non-hydrogen) atoms. The number of likely N-dealkylation sites (tertiary alicyclic amines) is 1. The SMILES string of the molecule is CCN1CCC[C@H](Nc2ccc(S(=O)(=O)NC)cc2[N+](=O)[O-])C1. The molecule has 0 saturated carbocycles. The van der Waals surface area contributed by atoms with E-state index in [1.54, 1.807) is 0 Å². The number of hydrogen-bond acceptors (Lipinski definition) is 6. The van der Waals surface area contributed by atoms with Crippen LogP contribution in [0.4, 0.5) is 11.4 Å². The Balaban J connectivity index is 2.26. The predicted molar refractivity (Wildman–Crippen MR) is 88.1 cm³/mol. The van der Waals surface area contributed by atoms with E-state index in [1.165, 1.54) is 19.2 Å². The molecule has 0 aliphatic carbocycles. The Morgan fingerprint density at radius 2 is 2.17 bits per heavy atom. The highest BCUT2D eigenvalue weighted by Gasteiger charge is 2.24. The molecule has 1 saturated heterocycles. The second-order valence-electron chi connectivity index (χ2n) is 5.52. The molecule has 1 aromatic carbocycles. The summed E-state index contributed by atoms with van der Waals surface area (Å²) in [4.78, 5) is 12.9. The summed E-state index contributed by atoms with van der Waals surface area (Å²) in [5.74, 6) is 0. The number of nitro benzene ring substituents is 1. The topological polar surface area (TPSA) is 105 Å². The Hall–Kier alpha value is -1.71. The van der Waals surface area contributed by atoms with Crippen molar-refractivity contribution in [2.75, 3.05) is 32.0 Å². The number of rotatable bonds is 6. The molecule has 1 aromatic rings. The van der Waals surface area contributed by atoms with Crippen LogP contribution in [0.15, 0.2) is 23.1 Å². The lowest BCUT2D eigenvalue weighted by atomic mass is 10.1. The minimum absolute atomic E-state index is 0.115. The molecule has 9 heteroatoms. The molecule has 0 aromatic heterocycles. The van der Waals surface area contributed by atoms with Crippen molar-refractivity contribution >= 4 is 21.4 Å². The largest absolute Gasteiger partial charge is 0.375 e. The number of anilines is 1. The fraction of sp³-hybridized carbons (Fsp3) is 0.571. The molecule has 0 radical (unpaired) electrons. The first-order chi connectivity index (χ1) is 10.9. The fourth-order valence-corrected chi connectivity index (χ4v) is 3.50. The Labute approximate surface area is 136 Å². The van der Waals surface area contributed by atoms with Crippen LogP contribution in [0.3, 0.4) is 0 Å². The van der Waals surface area contributed by atoms with E-state index >= 15 is 0 Å². The number of nitro groups is 1. The lowest BCUT2D eigenvalue weighted by Gasteiger charge is -2.32. The van der Waals surface area contributed by atoms with Crippen LogP contribution in [-0.2, 0) is 10.0 Å². The summed E-state index contributed by atoms with van der Waals surface area (Å²) in [6.07, 6.45) is 1.97. The minimum atomic E-state index is -3.71. The van der Waals surface area contributed by atoms with Crippen LogP contribution in [0.1, 0.15) is 19.8 Å². The highest BCUT2D eigenvalue weighted by atomic mass is 32.2. The van der Waals surface area contributed by atoms with E-state index in [2.05, 4.69) is 21.9 Å². The summed E-state index contributed by atoms with van der Waals surface area (Å²) in [5, 5.41) is 14.5. The van der Waals surface area contributed by atoms with Crippen molar-refractivity contribution in [3.8, 4) is 0 Å². The third-order valence-electron chi connectivity index (χ3n) is 4.06. The van der Waals surface area contributed by atoms with Crippen LogP contribution in [-0.4, -0.2) is 51.0 Å². The van der Waals surface area contributed by atoms with Gasteiger partial charge in [0.2, 0.25) is 10.0 Å². The van der Waals surface area contributed by atoms with Crippen molar-refractivity contribution in [1.29, 1.82) is 0 Å². The van der Waals surface area contributed by atoms with Crippen molar-refractivity contribution in [1.82, 2.24) is 9.62 Å². The molecule has 0 spiro atoms. The van der Waals surface area contributed by atoms with E-state index < -0.39 is 14.9 Å². The molecule has 0 bridgehead atoms. The molecular weight excluding hydrogens is 320 g/mol. The molecule has 1 atom stereocenters. The molecule has 0 amide bonds. The molecule has 2 rings (SSSR count). The third kappa shape index (κ3) is 4.18. The molecular formula is C14H22N4O4S. The summed E-state index contributed by atoms with van der Waals surface area (Å²) < 4.78 is 25.8. The first kappa shape index (κ1) is 17.6. The molecule has 1 fully saturated rings. The first-order valence-corrected chi connectivity index (χ1v) is 9.06. The highest BCUT2D eigenvalue weighted by Crippen LogP contribution is 2.29. The molecule has 8 nitrogen and oxygen atoms in total. The van der Waals surface area contributed by atoms with Crippen LogP contribution in [0.25, 0.3) is 0 Å². The molecule has 1 heterocycles. The Morgan fingerprint density at radius 3 is 2.78 bits per heavy atom. The lowest BCUT2D eigenvalue weighted by molar-refractivity contribution is -0.384. The maximum absolute atomic E-state index is 11.8. The van der Waals surface area contributed by atoms with Crippen LogP contribution >= 0.6 is 0 Å². The minimum Gasteiger partial charge on any atom is -0.375 e. The Bertz CT molecular complexity index is 677. The third-order valence-corrected chi connectivity index (χ3v) is 5.47. The number of benzene rings is 1. The number of likely N-dealkylation sites (N-methyl/N-ethyl adjacent to an activating group) is 1. The lowest BCUT2D eigenvalue weighted by Crippen LogP contribution is -2.41. The van der Waals surface area contributed by atoms with Crippen LogP contribution in [0, 0.1) is 10.1 Å². The van der Waals surface area contributed by atoms with Gasteiger partial charge < -0.3 is 10.2 Å². The zero-order valence-electron chi connectivity index (χ0n) is 13.3. The normalized spacial score (nSPS) is 19.5. The molecule has 2 N–H and O–H groups in total. The second kappa shape index (κ2) is 7.24. The summed E-state index contributed by atoms with van der Waals surface area (Å²) in [7, 11) is -2.43. The van der Waals surface area contributed by atoms with Crippen LogP contribution < -0.4 is 10.0 Å². The summed E-state index contributed by atoms with van der Waals surface area (Å²) >= 11 is 0. The zero-order valence-corrected chi connectivity index (χ0v) is 14.1. The number of hydrogen-bond donors (Lipinski definition) is 2. The maximum Gasteiger partial charge on any atom is 0.293 e. The van der Waals surface area contributed by atoms with Gasteiger partial charge in [0.05, 0.1) is 9.82 Å². The Kier molecular flexibility index (Phi) is 5.55. The smallest absolute Gasteiger partial charge is 0.293 e. The molecule has 0 unspecified atom stereocenters. The number of nitrogens with one attached hydrogen (secondary N) is 2. The summed E-state index contributed by atoms with van der Waals surface area (Å²) in [6, 6.07) is 4.05. The van der Waals surface area contributed by atoms with Gasteiger partial charge in [-0.25, -0.2) is 13.1 Å². The highest BCUT2D eigenvalue weighted by molar-refractivity contribution is 7.89. The number of piperidine rings is 1. The van der Waals surface area contributed by atoms with Crippen LogP contribution in [0.2, 0.25) is 0 Å². The maximum atomic E-state index is 11.8. The van der Waals surface area contributed by atoms with E-state index in [0.717, 1.165) is 38.5 Å². The van der Waals surface area contributed by atoms with E-state index in [1.807, 2.05) is 0 Å². The standard InChI is InChI=1S/C14H22N4O4S/c1-3-17-8-4-5-11(10-17)16-13-7-6-12(23(21,22)15-2)9-14(13)18(19)20/h6-7,9,11,15-16H,3-5,8,10H2,1-2H3/t11-/m0/s1. The summed E-state index contributed by atoms with van der Waals surface area (Å²) in [5.41, 5.74) is 0.128. The Morgan fingerprint density at radius 1 is 1.43 bits per heavy atom. The van der Waals surface area contributed by atoms with Gasteiger partial charge >= 0.3 is 0 Å².